The number of carbonyl (C=O) groups excluding carboxylic acids is 3. The molecule has 2 heterocycles. The van der Waals surface area contributed by atoms with E-state index in [1.165, 1.54) is 36.3 Å². The Bertz CT molecular complexity index is 1250. The molecule has 9 nitrogen and oxygen atoms in total. The van der Waals surface area contributed by atoms with Crippen molar-refractivity contribution in [1.82, 2.24) is 19.7 Å². The van der Waals surface area contributed by atoms with Crippen LogP contribution in [-0.2, 0) is 33.8 Å². The molecule has 0 aliphatic carbocycles. The Labute approximate surface area is 193 Å². The van der Waals surface area contributed by atoms with Crippen molar-refractivity contribution in [3.05, 3.63) is 76.1 Å². The van der Waals surface area contributed by atoms with Crippen molar-refractivity contribution in [3.63, 3.8) is 0 Å². The quantitative estimate of drug-likeness (QED) is 0.462. The van der Waals surface area contributed by atoms with Crippen LogP contribution in [0.25, 0.3) is 0 Å². The van der Waals surface area contributed by atoms with E-state index in [0.29, 0.717) is 23.8 Å². The lowest BCUT2D eigenvalue weighted by molar-refractivity contribution is -0.144. The number of fused-ring (bicyclic) bond motifs is 1. The maximum atomic E-state index is 14.0. The van der Waals surface area contributed by atoms with Crippen LogP contribution >= 0.6 is 11.6 Å². The third-order valence-corrected chi connectivity index (χ3v) is 5.49. The van der Waals surface area contributed by atoms with E-state index in [1.54, 1.807) is 18.2 Å². The average Bonchev–Trinajstić information content (AvgIpc) is 3.22. The minimum Gasteiger partial charge on any atom is -0.465 e. The zero-order valence-corrected chi connectivity index (χ0v) is 18.3. The summed E-state index contributed by atoms with van der Waals surface area (Å²) in [6.45, 7) is 0.673. The summed E-state index contributed by atoms with van der Waals surface area (Å²) in [6, 6.07) is 10.7. The minimum atomic E-state index is -0.915. The first kappa shape index (κ1) is 22.4. The van der Waals surface area contributed by atoms with Gasteiger partial charge in [0.25, 0.3) is 0 Å². The Morgan fingerprint density at radius 2 is 1.94 bits per heavy atom. The van der Waals surface area contributed by atoms with Crippen molar-refractivity contribution in [2.75, 3.05) is 19.0 Å². The number of amides is 2. The smallest absolute Gasteiger partial charge is 0.340 e. The van der Waals surface area contributed by atoms with Crippen LogP contribution in [0.15, 0.2) is 42.5 Å². The number of ether oxygens (including phenoxy) is 1. The summed E-state index contributed by atoms with van der Waals surface area (Å²) < 4.78 is 20.5. The highest BCUT2D eigenvalue weighted by molar-refractivity contribution is 6.40. The first-order valence-electron chi connectivity index (χ1n) is 10.00. The van der Waals surface area contributed by atoms with E-state index >= 15 is 0 Å². The molecule has 1 aliphatic heterocycles. The molecule has 2 amide bonds. The van der Waals surface area contributed by atoms with Gasteiger partial charge in [0.1, 0.15) is 11.6 Å². The molecule has 1 aromatic heterocycles. The fourth-order valence-corrected chi connectivity index (χ4v) is 3.73. The van der Waals surface area contributed by atoms with Gasteiger partial charge in [0.15, 0.2) is 5.82 Å². The normalized spacial score (nSPS) is 12.8. The minimum absolute atomic E-state index is 0.0299. The largest absolute Gasteiger partial charge is 0.465 e. The fourth-order valence-electron chi connectivity index (χ4n) is 3.56. The summed E-state index contributed by atoms with van der Waals surface area (Å²) >= 11 is 5.92. The van der Waals surface area contributed by atoms with E-state index in [0.717, 1.165) is 0 Å². The molecule has 4 rings (SSSR count). The molecule has 33 heavy (non-hydrogen) atoms. The molecule has 0 unspecified atom stereocenters. The van der Waals surface area contributed by atoms with Gasteiger partial charge in [-0.3, -0.25) is 9.59 Å². The van der Waals surface area contributed by atoms with Crippen LogP contribution < -0.4 is 5.32 Å². The highest BCUT2D eigenvalue weighted by Gasteiger charge is 2.29. The molecule has 170 valence electrons. The number of halogens is 2. The lowest BCUT2D eigenvalue weighted by Crippen LogP contribution is -2.44. The zero-order chi connectivity index (χ0) is 23.5. The van der Waals surface area contributed by atoms with Crippen molar-refractivity contribution in [2.24, 2.45) is 0 Å². The van der Waals surface area contributed by atoms with Crippen LogP contribution in [0.5, 0.6) is 0 Å². The number of aromatic nitrogens is 3. The van der Waals surface area contributed by atoms with Crippen LogP contribution in [-0.4, -0.2) is 51.1 Å². The van der Waals surface area contributed by atoms with Gasteiger partial charge < -0.3 is 19.5 Å². The van der Waals surface area contributed by atoms with Gasteiger partial charge in [-0.1, -0.05) is 29.8 Å². The van der Waals surface area contributed by atoms with Crippen molar-refractivity contribution >= 4 is 35.1 Å². The van der Waals surface area contributed by atoms with Gasteiger partial charge in [0, 0.05) is 24.5 Å². The Balaban J connectivity index is 1.46. The molecule has 0 saturated carbocycles. The van der Waals surface area contributed by atoms with Crippen LogP contribution in [0.2, 0.25) is 5.02 Å². The molecule has 2 aromatic carbocycles. The molecule has 0 saturated heterocycles. The lowest BCUT2D eigenvalue weighted by Gasteiger charge is -2.27. The molecule has 11 heteroatoms. The fraction of sp³-hybridized carbons (Fsp3) is 0.227. The number of hydrogen-bond donors (Lipinski definition) is 1. The predicted molar refractivity (Wildman–Crippen MR) is 116 cm³/mol. The standard InChI is InChI=1S/C22H19ClFN5O4/c1-33-22(32)15-11-14(23)6-7-17(15)25-20(30)21(31)28-8-9-29-18(26-27-19(29)12-28)10-13-4-2-3-5-16(13)24/h2-7,11H,8-10,12H2,1H3,(H,25,30). The second-order valence-corrected chi connectivity index (χ2v) is 7.75. The van der Waals surface area contributed by atoms with Crippen LogP contribution in [0.1, 0.15) is 27.6 Å². The average molecular weight is 472 g/mol. The van der Waals surface area contributed by atoms with Gasteiger partial charge >= 0.3 is 17.8 Å². The van der Waals surface area contributed by atoms with Gasteiger partial charge in [0.2, 0.25) is 0 Å². The van der Waals surface area contributed by atoms with Crippen molar-refractivity contribution in [2.45, 2.75) is 19.5 Å². The second kappa shape index (κ2) is 9.37. The molecular formula is C22H19ClFN5O4. The van der Waals surface area contributed by atoms with Crippen LogP contribution in [0.3, 0.4) is 0 Å². The number of esters is 1. The van der Waals surface area contributed by atoms with E-state index in [4.69, 9.17) is 16.3 Å². The monoisotopic (exact) mass is 471 g/mol. The molecule has 0 atom stereocenters. The van der Waals surface area contributed by atoms with E-state index in [2.05, 4.69) is 15.5 Å². The summed E-state index contributed by atoms with van der Waals surface area (Å²) in [5, 5.41) is 11.0. The number of benzene rings is 2. The van der Waals surface area contributed by atoms with E-state index in [9.17, 15) is 18.8 Å². The second-order valence-electron chi connectivity index (χ2n) is 7.31. The number of hydrogen-bond acceptors (Lipinski definition) is 6. The first-order valence-corrected chi connectivity index (χ1v) is 10.4. The van der Waals surface area contributed by atoms with E-state index < -0.39 is 17.8 Å². The SMILES string of the molecule is COC(=O)c1cc(Cl)ccc1NC(=O)C(=O)N1CCn2c(Cc3ccccc3F)nnc2C1. The highest BCUT2D eigenvalue weighted by atomic mass is 35.5. The summed E-state index contributed by atoms with van der Waals surface area (Å²) in [7, 11) is 1.20. The Kier molecular flexibility index (Phi) is 6.36. The van der Waals surface area contributed by atoms with Crippen molar-refractivity contribution in [3.8, 4) is 0 Å². The summed E-state index contributed by atoms with van der Waals surface area (Å²) in [6.07, 6.45) is 0.265. The van der Waals surface area contributed by atoms with Gasteiger partial charge in [-0.25, -0.2) is 9.18 Å². The highest BCUT2D eigenvalue weighted by Crippen LogP contribution is 2.22. The molecule has 0 bridgehead atoms. The van der Waals surface area contributed by atoms with Gasteiger partial charge in [-0.2, -0.15) is 0 Å². The van der Waals surface area contributed by atoms with Crippen molar-refractivity contribution in [1.29, 1.82) is 0 Å². The maximum Gasteiger partial charge on any atom is 0.340 e. The molecule has 0 radical (unpaired) electrons. The molecular weight excluding hydrogens is 453 g/mol. The number of rotatable bonds is 4. The predicted octanol–water partition coefficient (Wildman–Crippen LogP) is 2.43. The Hall–Kier alpha value is -3.79. The third kappa shape index (κ3) is 4.70. The summed E-state index contributed by atoms with van der Waals surface area (Å²) in [5.74, 6) is -1.65. The summed E-state index contributed by atoms with van der Waals surface area (Å²) in [4.78, 5) is 38.6. The zero-order valence-electron chi connectivity index (χ0n) is 17.5. The van der Waals surface area contributed by atoms with Gasteiger partial charge in [0.05, 0.1) is 24.9 Å². The lowest BCUT2D eigenvalue weighted by atomic mass is 10.1. The number of carbonyl (C=O) groups is 3. The number of nitrogens with zero attached hydrogens (tertiary/aromatic N) is 4. The van der Waals surface area contributed by atoms with Gasteiger partial charge in [-0.15, -0.1) is 10.2 Å². The van der Waals surface area contributed by atoms with Crippen molar-refractivity contribution < 1.29 is 23.5 Å². The first-order chi connectivity index (χ1) is 15.9. The maximum absolute atomic E-state index is 14.0. The summed E-state index contributed by atoms with van der Waals surface area (Å²) in [5.41, 5.74) is 0.634. The van der Waals surface area contributed by atoms with Gasteiger partial charge in [-0.05, 0) is 29.8 Å². The molecule has 3 aromatic rings. The number of nitrogens with one attached hydrogen (secondary N) is 1. The Morgan fingerprint density at radius 1 is 1.15 bits per heavy atom. The van der Waals surface area contributed by atoms with Crippen LogP contribution in [0, 0.1) is 5.82 Å². The van der Waals surface area contributed by atoms with E-state index in [-0.39, 0.29) is 41.6 Å². The van der Waals surface area contributed by atoms with E-state index in [1.807, 2.05) is 4.57 Å². The number of anilines is 1. The van der Waals surface area contributed by atoms with Crippen LogP contribution in [0.4, 0.5) is 10.1 Å². The number of methoxy groups -OCH3 is 1. The third-order valence-electron chi connectivity index (χ3n) is 5.25. The topological polar surface area (TPSA) is 106 Å². The molecule has 1 N–H and O–H groups in total. The Morgan fingerprint density at radius 3 is 2.70 bits per heavy atom. The molecule has 0 spiro atoms. The molecule has 1 aliphatic rings. The molecule has 0 fully saturated rings.